The standard InChI is InChI=1S/C14H23NO/c1-12(15-10-11-16-4)14(2,3)13-8-6-5-7-9-13/h5-9,12,15H,10-11H2,1-4H3. The van der Waals surface area contributed by atoms with E-state index in [-0.39, 0.29) is 5.41 Å². The molecule has 0 fully saturated rings. The van der Waals surface area contributed by atoms with Gasteiger partial charge in [-0.25, -0.2) is 0 Å². The van der Waals surface area contributed by atoms with Crippen molar-refractivity contribution in [3.05, 3.63) is 35.9 Å². The zero-order valence-corrected chi connectivity index (χ0v) is 10.8. The van der Waals surface area contributed by atoms with Gasteiger partial charge in [-0.1, -0.05) is 44.2 Å². The SMILES string of the molecule is COCCNC(C)C(C)(C)c1ccccc1. The number of methoxy groups -OCH3 is 1. The molecule has 0 saturated heterocycles. The summed E-state index contributed by atoms with van der Waals surface area (Å²) in [6, 6.07) is 11.0. The fourth-order valence-electron chi connectivity index (χ4n) is 1.75. The average Bonchev–Trinajstić information content (AvgIpc) is 2.30. The van der Waals surface area contributed by atoms with E-state index in [1.165, 1.54) is 5.56 Å². The van der Waals surface area contributed by atoms with Crippen LogP contribution in [0.25, 0.3) is 0 Å². The molecule has 1 aromatic rings. The van der Waals surface area contributed by atoms with Gasteiger partial charge in [0.25, 0.3) is 0 Å². The van der Waals surface area contributed by atoms with Gasteiger partial charge >= 0.3 is 0 Å². The number of ether oxygens (including phenoxy) is 1. The van der Waals surface area contributed by atoms with E-state index in [2.05, 4.69) is 56.4 Å². The first-order valence-electron chi connectivity index (χ1n) is 5.87. The first-order chi connectivity index (χ1) is 7.59. The second-order valence-electron chi connectivity index (χ2n) is 4.76. The summed E-state index contributed by atoms with van der Waals surface area (Å²) in [5.74, 6) is 0. The quantitative estimate of drug-likeness (QED) is 0.746. The molecule has 0 aliphatic rings. The van der Waals surface area contributed by atoms with Crippen LogP contribution in [0.15, 0.2) is 30.3 Å². The highest BCUT2D eigenvalue weighted by molar-refractivity contribution is 5.25. The van der Waals surface area contributed by atoms with Gasteiger partial charge in [0.1, 0.15) is 0 Å². The molecule has 1 aromatic carbocycles. The van der Waals surface area contributed by atoms with Crippen LogP contribution < -0.4 is 5.32 Å². The zero-order chi connectivity index (χ0) is 12.0. The lowest BCUT2D eigenvalue weighted by molar-refractivity contribution is 0.191. The zero-order valence-electron chi connectivity index (χ0n) is 10.8. The molecule has 0 heterocycles. The van der Waals surface area contributed by atoms with Crippen molar-refractivity contribution in [3.8, 4) is 0 Å². The Labute approximate surface area is 99.0 Å². The summed E-state index contributed by atoms with van der Waals surface area (Å²) in [6.07, 6.45) is 0. The predicted molar refractivity (Wildman–Crippen MR) is 68.8 cm³/mol. The van der Waals surface area contributed by atoms with Gasteiger partial charge in [-0.05, 0) is 12.5 Å². The molecule has 0 amide bonds. The minimum atomic E-state index is 0.134. The summed E-state index contributed by atoms with van der Waals surface area (Å²) in [5, 5.41) is 3.50. The maximum absolute atomic E-state index is 5.05. The van der Waals surface area contributed by atoms with Crippen LogP contribution in [0, 0.1) is 0 Å². The lowest BCUT2D eigenvalue weighted by Crippen LogP contribution is -2.43. The first-order valence-corrected chi connectivity index (χ1v) is 5.87. The Kier molecular flexibility index (Phi) is 4.97. The predicted octanol–water partition coefficient (Wildman–Crippen LogP) is 2.59. The second-order valence-corrected chi connectivity index (χ2v) is 4.76. The molecule has 0 spiro atoms. The van der Waals surface area contributed by atoms with Crippen molar-refractivity contribution < 1.29 is 4.74 Å². The van der Waals surface area contributed by atoms with Gasteiger partial charge in [-0.3, -0.25) is 0 Å². The lowest BCUT2D eigenvalue weighted by atomic mass is 9.78. The summed E-state index contributed by atoms with van der Waals surface area (Å²) < 4.78 is 5.05. The molecule has 1 N–H and O–H groups in total. The van der Waals surface area contributed by atoms with Gasteiger partial charge in [0.2, 0.25) is 0 Å². The average molecular weight is 221 g/mol. The molecule has 0 aliphatic heterocycles. The topological polar surface area (TPSA) is 21.3 Å². The second kappa shape index (κ2) is 6.02. The Morgan fingerprint density at radius 3 is 2.44 bits per heavy atom. The number of benzene rings is 1. The molecule has 0 aromatic heterocycles. The smallest absolute Gasteiger partial charge is 0.0587 e. The van der Waals surface area contributed by atoms with Crippen molar-refractivity contribution in [3.63, 3.8) is 0 Å². The third-order valence-electron chi connectivity index (χ3n) is 3.36. The van der Waals surface area contributed by atoms with Gasteiger partial charge in [0.15, 0.2) is 0 Å². The van der Waals surface area contributed by atoms with Crippen LogP contribution in [-0.4, -0.2) is 26.3 Å². The first kappa shape index (κ1) is 13.2. The third kappa shape index (κ3) is 3.32. The van der Waals surface area contributed by atoms with E-state index in [9.17, 15) is 0 Å². The monoisotopic (exact) mass is 221 g/mol. The van der Waals surface area contributed by atoms with Gasteiger partial charge < -0.3 is 10.1 Å². The molecular weight excluding hydrogens is 198 g/mol. The van der Waals surface area contributed by atoms with E-state index >= 15 is 0 Å². The molecule has 16 heavy (non-hydrogen) atoms. The van der Waals surface area contributed by atoms with Crippen LogP contribution >= 0.6 is 0 Å². The van der Waals surface area contributed by atoms with Crippen molar-refractivity contribution in [1.82, 2.24) is 5.32 Å². The van der Waals surface area contributed by atoms with Crippen LogP contribution in [0.1, 0.15) is 26.3 Å². The third-order valence-corrected chi connectivity index (χ3v) is 3.36. The highest BCUT2D eigenvalue weighted by atomic mass is 16.5. The molecule has 90 valence electrons. The summed E-state index contributed by atoms with van der Waals surface area (Å²) in [4.78, 5) is 0. The Hall–Kier alpha value is -0.860. The molecule has 0 saturated carbocycles. The Balaban J connectivity index is 2.62. The number of hydrogen-bond donors (Lipinski definition) is 1. The Morgan fingerprint density at radius 1 is 1.25 bits per heavy atom. The largest absolute Gasteiger partial charge is 0.383 e. The highest BCUT2D eigenvalue weighted by Gasteiger charge is 2.26. The van der Waals surface area contributed by atoms with Crippen molar-refractivity contribution in [2.24, 2.45) is 0 Å². The molecular formula is C14H23NO. The molecule has 1 unspecified atom stereocenters. The minimum Gasteiger partial charge on any atom is -0.383 e. The fourth-order valence-corrected chi connectivity index (χ4v) is 1.75. The van der Waals surface area contributed by atoms with Gasteiger partial charge in [0.05, 0.1) is 6.61 Å². The molecule has 2 nitrogen and oxygen atoms in total. The molecule has 0 aliphatic carbocycles. The Bertz CT molecular complexity index is 295. The van der Waals surface area contributed by atoms with Gasteiger partial charge in [0, 0.05) is 25.1 Å². The maximum Gasteiger partial charge on any atom is 0.0587 e. The molecule has 1 atom stereocenters. The summed E-state index contributed by atoms with van der Waals surface area (Å²) in [6.45, 7) is 8.42. The molecule has 1 rings (SSSR count). The van der Waals surface area contributed by atoms with Gasteiger partial charge in [-0.2, -0.15) is 0 Å². The summed E-state index contributed by atoms with van der Waals surface area (Å²) in [7, 11) is 1.73. The van der Waals surface area contributed by atoms with Gasteiger partial charge in [-0.15, -0.1) is 0 Å². The molecule has 0 radical (unpaired) electrons. The maximum atomic E-state index is 5.05. The van der Waals surface area contributed by atoms with E-state index in [1.807, 2.05) is 0 Å². The van der Waals surface area contributed by atoms with Crippen LogP contribution in [0.4, 0.5) is 0 Å². The summed E-state index contributed by atoms with van der Waals surface area (Å²) in [5.41, 5.74) is 1.50. The number of nitrogens with one attached hydrogen (secondary N) is 1. The Morgan fingerprint density at radius 2 is 1.88 bits per heavy atom. The van der Waals surface area contributed by atoms with Crippen molar-refractivity contribution >= 4 is 0 Å². The van der Waals surface area contributed by atoms with E-state index < -0.39 is 0 Å². The summed E-state index contributed by atoms with van der Waals surface area (Å²) >= 11 is 0. The van der Waals surface area contributed by atoms with E-state index in [1.54, 1.807) is 7.11 Å². The molecule has 0 bridgehead atoms. The number of rotatable bonds is 6. The normalized spacial score (nSPS) is 13.8. The van der Waals surface area contributed by atoms with Crippen molar-refractivity contribution in [2.75, 3.05) is 20.3 Å². The number of hydrogen-bond acceptors (Lipinski definition) is 2. The highest BCUT2D eigenvalue weighted by Crippen LogP contribution is 2.26. The van der Waals surface area contributed by atoms with Crippen molar-refractivity contribution in [1.29, 1.82) is 0 Å². The van der Waals surface area contributed by atoms with E-state index in [4.69, 9.17) is 4.74 Å². The van der Waals surface area contributed by atoms with Crippen molar-refractivity contribution in [2.45, 2.75) is 32.2 Å². The lowest BCUT2D eigenvalue weighted by Gasteiger charge is -2.33. The minimum absolute atomic E-state index is 0.134. The van der Waals surface area contributed by atoms with Crippen LogP contribution in [0.3, 0.4) is 0 Å². The molecule has 2 heteroatoms. The van der Waals surface area contributed by atoms with Crippen LogP contribution in [0.5, 0.6) is 0 Å². The van der Waals surface area contributed by atoms with E-state index in [0.29, 0.717) is 6.04 Å². The van der Waals surface area contributed by atoms with Crippen LogP contribution in [0.2, 0.25) is 0 Å². The van der Waals surface area contributed by atoms with Crippen LogP contribution in [-0.2, 0) is 10.2 Å². The van der Waals surface area contributed by atoms with E-state index in [0.717, 1.165) is 13.2 Å². The fraction of sp³-hybridized carbons (Fsp3) is 0.571.